The molecule has 1 heterocycles. The number of aromatic nitrogens is 2. The smallest absolute Gasteiger partial charge is 0.418 e. The number of carboxylic acid groups (broad SMARTS) is 1. The second kappa shape index (κ2) is 11.7. The normalized spacial score (nSPS) is 18.0. The Morgan fingerprint density at radius 1 is 1.12 bits per heavy atom. The number of nitrogens with one attached hydrogen (secondary N) is 1. The van der Waals surface area contributed by atoms with Gasteiger partial charge in [0.15, 0.2) is 9.84 Å². The van der Waals surface area contributed by atoms with E-state index in [4.69, 9.17) is 5.11 Å². The van der Waals surface area contributed by atoms with Crippen molar-refractivity contribution in [3.63, 3.8) is 0 Å². The van der Waals surface area contributed by atoms with Crippen molar-refractivity contribution in [3.05, 3.63) is 59.4 Å². The van der Waals surface area contributed by atoms with Crippen LogP contribution >= 0.6 is 0 Å². The van der Waals surface area contributed by atoms with Crippen LogP contribution in [0.1, 0.15) is 61.3 Å². The van der Waals surface area contributed by atoms with E-state index in [0.29, 0.717) is 12.8 Å². The molecular weight excluding hydrogens is 561 g/mol. The summed E-state index contributed by atoms with van der Waals surface area (Å²) in [5, 5.41) is 13.7. The third-order valence-electron chi connectivity index (χ3n) is 7.56. The minimum absolute atomic E-state index is 0.00376. The number of carbonyl (C=O) groups excluding carboxylic acids is 1. The number of hydrogen-bond donors (Lipinski definition) is 2. The number of amides is 1. The standard InChI is InChI=1S/C28H33F3N4O5S/c1-17(2)34(3)35-23-10-6-8-21(28(29,30)31)26(23)33-24(35)15-25(36)32-22-9-5-4-7-19(22)16-41(39,40)20-13-11-18(12-14-20)27(37)38/h6,8,10-14,17,19,22H,4-5,7,9,15-16H2,1-3H3,(H,32,36)(H,37,38). The van der Waals surface area contributed by atoms with Crippen molar-refractivity contribution in [2.24, 2.45) is 5.92 Å². The Kier molecular flexibility index (Phi) is 8.67. The molecule has 41 heavy (non-hydrogen) atoms. The first-order chi connectivity index (χ1) is 19.2. The molecule has 1 fully saturated rings. The van der Waals surface area contributed by atoms with Gasteiger partial charge in [-0.1, -0.05) is 18.9 Å². The van der Waals surface area contributed by atoms with E-state index in [9.17, 15) is 31.2 Å². The fourth-order valence-corrected chi connectivity index (χ4v) is 6.95. The molecular formula is C28H33F3N4O5S. The highest BCUT2D eigenvalue weighted by Gasteiger charge is 2.36. The van der Waals surface area contributed by atoms with Crippen molar-refractivity contribution in [1.82, 2.24) is 15.0 Å². The van der Waals surface area contributed by atoms with E-state index >= 15 is 0 Å². The van der Waals surface area contributed by atoms with Gasteiger partial charge in [0, 0.05) is 19.1 Å². The first-order valence-corrected chi connectivity index (χ1v) is 15.0. The first kappa shape index (κ1) is 30.4. The molecule has 0 radical (unpaired) electrons. The average Bonchev–Trinajstić information content (AvgIpc) is 3.26. The number of aromatic carboxylic acids is 1. The van der Waals surface area contributed by atoms with Crippen LogP contribution < -0.4 is 10.3 Å². The Bertz CT molecular complexity index is 1530. The van der Waals surface area contributed by atoms with Gasteiger partial charge in [0.2, 0.25) is 5.91 Å². The Hall–Kier alpha value is -3.61. The first-order valence-electron chi connectivity index (χ1n) is 13.3. The van der Waals surface area contributed by atoms with Crippen LogP contribution in [0.15, 0.2) is 47.4 Å². The second-order valence-corrected chi connectivity index (χ2v) is 12.7. The molecule has 2 N–H and O–H groups in total. The molecule has 1 aliphatic carbocycles. The number of alkyl halides is 3. The lowest BCUT2D eigenvalue weighted by atomic mass is 9.85. The summed E-state index contributed by atoms with van der Waals surface area (Å²) in [5.74, 6) is -2.10. The summed E-state index contributed by atoms with van der Waals surface area (Å²) in [7, 11) is -2.06. The van der Waals surface area contributed by atoms with Crippen molar-refractivity contribution < 1.29 is 36.3 Å². The maximum atomic E-state index is 13.7. The number of carbonyl (C=O) groups is 2. The molecule has 9 nitrogen and oxygen atoms in total. The largest absolute Gasteiger partial charge is 0.478 e. The lowest BCUT2D eigenvalue weighted by molar-refractivity contribution is -0.136. The van der Waals surface area contributed by atoms with Crippen molar-refractivity contribution in [2.75, 3.05) is 17.8 Å². The maximum Gasteiger partial charge on any atom is 0.418 e. The number of nitrogens with zero attached hydrogens (tertiary/aromatic N) is 3. The highest BCUT2D eigenvalue weighted by atomic mass is 32.2. The van der Waals surface area contributed by atoms with Crippen molar-refractivity contribution in [1.29, 1.82) is 0 Å². The number of para-hydroxylation sites is 1. The maximum absolute atomic E-state index is 13.7. The number of carboxylic acids is 1. The number of benzene rings is 2. The van der Waals surface area contributed by atoms with Crippen LogP contribution in [0.4, 0.5) is 13.2 Å². The molecule has 222 valence electrons. The number of hydrogen-bond acceptors (Lipinski definition) is 6. The van der Waals surface area contributed by atoms with Gasteiger partial charge < -0.3 is 15.4 Å². The van der Waals surface area contributed by atoms with Gasteiger partial charge in [-0.3, -0.25) is 4.79 Å². The number of halogens is 3. The van der Waals surface area contributed by atoms with Gasteiger partial charge >= 0.3 is 12.1 Å². The van der Waals surface area contributed by atoms with E-state index < -0.39 is 39.5 Å². The summed E-state index contributed by atoms with van der Waals surface area (Å²) in [6, 6.07) is 8.24. The highest BCUT2D eigenvalue weighted by molar-refractivity contribution is 7.91. The fourth-order valence-electron chi connectivity index (χ4n) is 5.24. The molecule has 2 atom stereocenters. The van der Waals surface area contributed by atoms with Gasteiger partial charge in [0.1, 0.15) is 11.3 Å². The van der Waals surface area contributed by atoms with Crippen molar-refractivity contribution in [3.8, 4) is 0 Å². The van der Waals surface area contributed by atoms with Crippen molar-refractivity contribution in [2.45, 2.75) is 69.1 Å². The summed E-state index contributed by atoms with van der Waals surface area (Å²) >= 11 is 0. The van der Waals surface area contributed by atoms with Gasteiger partial charge in [-0.05, 0) is 69.0 Å². The predicted molar refractivity (Wildman–Crippen MR) is 147 cm³/mol. The zero-order chi connectivity index (χ0) is 30.1. The second-order valence-electron chi connectivity index (χ2n) is 10.7. The number of rotatable bonds is 9. The number of sulfone groups is 1. The summed E-state index contributed by atoms with van der Waals surface area (Å²) in [4.78, 5) is 28.6. The minimum Gasteiger partial charge on any atom is -0.478 e. The van der Waals surface area contributed by atoms with Gasteiger partial charge in [-0.2, -0.15) is 13.2 Å². The molecule has 0 bridgehead atoms. The predicted octanol–water partition coefficient (Wildman–Crippen LogP) is 4.42. The molecule has 2 aromatic carbocycles. The Morgan fingerprint density at radius 3 is 2.39 bits per heavy atom. The number of fused-ring (bicyclic) bond motifs is 1. The molecule has 0 aliphatic heterocycles. The monoisotopic (exact) mass is 594 g/mol. The molecule has 0 spiro atoms. The van der Waals surface area contributed by atoms with Crippen LogP contribution in [0.3, 0.4) is 0 Å². The van der Waals surface area contributed by atoms with Crippen LogP contribution in [0, 0.1) is 5.92 Å². The van der Waals surface area contributed by atoms with E-state index in [-0.39, 0.29) is 51.5 Å². The van der Waals surface area contributed by atoms with Crippen LogP contribution in [0.25, 0.3) is 11.0 Å². The molecule has 13 heteroatoms. The summed E-state index contributed by atoms with van der Waals surface area (Å²) < 4.78 is 69.0. The average molecular weight is 595 g/mol. The van der Waals surface area contributed by atoms with Gasteiger partial charge in [0.05, 0.1) is 33.7 Å². The van der Waals surface area contributed by atoms with E-state index in [1.807, 2.05) is 13.8 Å². The van der Waals surface area contributed by atoms with Crippen molar-refractivity contribution >= 4 is 32.7 Å². The zero-order valence-corrected chi connectivity index (χ0v) is 23.8. The fraction of sp³-hybridized carbons (Fsp3) is 0.464. The molecule has 1 amide bonds. The van der Waals surface area contributed by atoms with Gasteiger partial charge in [-0.15, -0.1) is 0 Å². The minimum atomic E-state index is -4.62. The molecule has 1 aliphatic rings. The van der Waals surface area contributed by atoms with Crippen LogP contribution in [0.2, 0.25) is 0 Å². The topological polar surface area (TPSA) is 122 Å². The third-order valence-corrected chi connectivity index (χ3v) is 9.42. The van der Waals surface area contributed by atoms with E-state index in [2.05, 4.69) is 10.3 Å². The highest BCUT2D eigenvalue weighted by Crippen LogP contribution is 2.35. The quantitative estimate of drug-likeness (QED) is 0.376. The SMILES string of the molecule is CC(C)N(C)n1c(CC(=O)NC2CCCCC2CS(=O)(=O)c2ccc(C(=O)O)cc2)nc2c(C(F)(F)F)cccc21. The zero-order valence-electron chi connectivity index (χ0n) is 23.0. The lowest BCUT2D eigenvalue weighted by Crippen LogP contribution is -2.45. The van der Waals surface area contributed by atoms with Crippen LogP contribution in [-0.2, 0) is 27.2 Å². The number of imidazole rings is 1. The molecule has 1 aromatic heterocycles. The molecule has 3 aromatic rings. The Labute approximate surface area is 236 Å². The van der Waals surface area contributed by atoms with E-state index in [1.54, 1.807) is 12.1 Å². The third kappa shape index (κ3) is 6.66. The van der Waals surface area contributed by atoms with E-state index in [1.165, 1.54) is 41.1 Å². The molecule has 0 saturated heterocycles. The summed E-state index contributed by atoms with van der Waals surface area (Å²) in [6.45, 7) is 3.73. The van der Waals surface area contributed by atoms with Gasteiger partial charge in [0.25, 0.3) is 0 Å². The van der Waals surface area contributed by atoms with E-state index in [0.717, 1.165) is 18.9 Å². The summed E-state index contributed by atoms with van der Waals surface area (Å²) in [6.07, 6.45) is -2.21. The molecule has 2 unspecified atom stereocenters. The van der Waals surface area contributed by atoms with Gasteiger partial charge in [-0.25, -0.2) is 22.9 Å². The molecule has 4 rings (SSSR count). The van der Waals surface area contributed by atoms with Crippen LogP contribution in [-0.4, -0.2) is 59.9 Å². The Balaban J connectivity index is 1.56. The van der Waals surface area contributed by atoms with Crippen LogP contribution in [0.5, 0.6) is 0 Å². The Morgan fingerprint density at radius 2 is 1.78 bits per heavy atom. The molecule has 1 saturated carbocycles. The summed E-state index contributed by atoms with van der Waals surface area (Å²) in [5.41, 5.74) is -0.926. The lowest BCUT2D eigenvalue weighted by Gasteiger charge is -2.32.